The van der Waals surface area contributed by atoms with Gasteiger partial charge in [0.1, 0.15) is 5.75 Å². The van der Waals surface area contributed by atoms with E-state index in [2.05, 4.69) is 22.4 Å². The van der Waals surface area contributed by atoms with Crippen molar-refractivity contribution in [3.8, 4) is 16.5 Å². The Balaban J connectivity index is 1.66. The number of thiocarbonyl (C=S) groups is 1. The van der Waals surface area contributed by atoms with Crippen molar-refractivity contribution in [2.24, 2.45) is 0 Å². The standard InChI is InChI=1S/C18H20N4O2S2/c1-3-10-22(18(25)19-13-6-8-14(23-2)9-7-13)12-16-20-21-17(24-16)15-5-4-11-26-15/h4-9,11H,3,10,12H2,1-2H3,(H,19,25). The van der Waals surface area contributed by atoms with Crippen LogP contribution in [0, 0.1) is 0 Å². The molecule has 6 nitrogen and oxygen atoms in total. The number of rotatable bonds is 7. The summed E-state index contributed by atoms with van der Waals surface area (Å²) < 4.78 is 11.0. The van der Waals surface area contributed by atoms with Crippen molar-refractivity contribution in [1.29, 1.82) is 0 Å². The molecule has 0 aliphatic heterocycles. The second kappa shape index (κ2) is 8.77. The number of benzene rings is 1. The fourth-order valence-electron chi connectivity index (χ4n) is 2.38. The van der Waals surface area contributed by atoms with Gasteiger partial charge in [-0.25, -0.2) is 0 Å². The first kappa shape index (κ1) is 18.3. The van der Waals surface area contributed by atoms with E-state index < -0.39 is 0 Å². The summed E-state index contributed by atoms with van der Waals surface area (Å²) >= 11 is 7.14. The Morgan fingerprint density at radius 3 is 2.73 bits per heavy atom. The third-order valence-electron chi connectivity index (χ3n) is 3.65. The topological polar surface area (TPSA) is 63.4 Å². The smallest absolute Gasteiger partial charge is 0.257 e. The highest BCUT2D eigenvalue weighted by Crippen LogP contribution is 2.23. The minimum atomic E-state index is 0.466. The maximum Gasteiger partial charge on any atom is 0.257 e. The zero-order chi connectivity index (χ0) is 18.4. The van der Waals surface area contributed by atoms with Gasteiger partial charge < -0.3 is 19.4 Å². The molecular formula is C18H20N4O2S2. The number of nitrogens with one attached hydrogen (secondary N) is 1. The third kappa shape index (κ3) is 4.59. The second-order valence-corrected chi connectivity index (χ2v) is 6.89. The number of thiophene rings is 1. The average molecular weight is 389 g/mol. The van der Waals surface area contributed by atoms with E-state index in [0.717, 1.165) is 29.3 Å². The summed E-state index contributed by atoms with van der Waals surface area (Å²) in [6.07, 6.45) is 0.955. The maximum atomic E-state index is 5.78. The van der Waals surface area contributed by atoms with Gasteiger partial charge in [0.2, 0.25) is 5.89 Å². The van der Waals surface area contributed by atoms with Crippen molar-refractivity contribution in [2.45, 2.75) is 19.9 Å². The number of nitrogens with zero attached hydrogens (tertiary/aromatic N) is 3. The van der Waals surface area contributed by atoms with Gasteiger partial charge in [-0.1, -0.05) is 13.0 Å². The number of anilines is 1. The highest BCUT2D eigenvalue weighted by molar-refractivity contribution is 7.80. The summed E-state index contributed by atoms with van der Waals surface area (Å²) in [4.78, 5) is 2.98. The molecule has 8 heteroatoms. The van der Waals surface area contributed by atoms with Crippen molar-refractivity contribution < 1.29 is 9.15 Å². The van der Waals surface area contributed by atoms with E-state index >= 15 is 0 Å². The zero-order valence-corrected chi connectivity index (χ0v) is 16.3. The van der Waals surface area contributed by atoms with Crippen LogP contribution in [0.25, 0.3) is 10.8 Å². The molecule has 0 unspecified atom stereocenters. The Morgan fingerprint density at radius 2 is 2.08 bits per heavy atom. The largest absolute Gasteiger partial charge is 0.497 e. The van der Waals surface area contributed by atoms with Crippen LogP contribution >= 0.6 is 23.6 Å². The molecule has 0 saturated carbocycles. The first-order valence-corrected chi connectivity index (χ1v) is 9.54. The quantitative estimate of drug-likeness (QED) is 0.601. The zero-order valence-electron chi connectivity index (χ0n) is 14.6. The molecule has 26 heavy (non-hydrogen) atoms. The molecule has 3 aromatic rings. The Labute approximate surface area is 161 Å². The molecule has 2 heterocycles. The molecule has 0 aliphatic rings. The first-order chi connectivity index (χ1) is 12.7. The number of methoxy groups -OCH3 is 1. The highest BCUT2D eigenvalue weighted by Gasteiger charge is 2.15. The molecule has 1 N–H and O–H groups in total. The van der Waals surface area contributed by atoms with E-state index in [1.807, 2.05) is 46.7 Å². The van der Waals surface area contributed by atoms with Crippen LogP contribution in [0.3, 0.4) is 0 Å². The van der Waals surface area contributed by atoms with Crippen LogP contribution in [-0.4, -0.2) is 33.9 Å². The molecule has 0 radical (unpaired) electrons. The van der Waals surface area contributed by atoms with E-state index in [0.29, 0.717) is 23.4 Å². The molecule has 0 spiro atoms. The fourth-order valence-corrected chi connectivity index (χ4v) is 3.30. The number of aromatic nitrogens is 2. The lowest BCUT2D eigenvalue weighted by Crippen LogP contribution is -2.35. The molecule has 0 atom stereocenters. The highest BCUT2D eigenvalue weighted by atomic mass is 32.1. The minimum Gasteiger partial charge on any atom is -0.497 e. The maximum absolute atomic E-state index is 5.78. The van der Waals surface area contributed by atoms with Crippen LogP contribution in [0.2, 0.25) is 0 Å². The first-order valence-electron chi connectivity index (χ1n) is 8.26. The third-order valence-corrected chi connectivity index (χ3v) is 4.87. The molecular weight excluding hydrogens is 368 g/mol. The van der Waals surface area contributed by atoms with Gasteiger partial charge in [0.05, 0.1) is 18.5 Å². The van der Waals surface area contributed by atoms with Crippen molar-refractivity contribution in [2.75, 3.05) is 19.0 Å². The van der Waals surface area contributed by atoms with Gasteiger partial charge in [0.25, 0.3) is 5.89 Å². The van der Waals surface area contributed by atoms with E-state index in [-0.39, 0.29) is 0 Å². The molecule has 0 bridgehead atoms. The summed E-state index contributed by atoms with van der Waals surface area (Å²) in [7, 11) is 1.64. The summed E-state index contributed by atoms with van der Waals surface area (Å²) in [6.45, 7) is 3.36. The number of ether oxygens (including phenoxy) is 1. The van der Waals surface area contributed by atoms with Crippen molar-refractivity contribution >= 4 is 34.4 Å². The summed E-state index contributed by atoms with van der Waals surface area (Å²) in [5, 5.41) is 14.1. The summed E-state index contributed by atoms with van der Waals surface area (Å²) in [5.41, 5.74) is 0.904. The van der Waals surface area contributed by atoms with E-state index in [9.17, 15) is 0 Å². The van der Waals surface area contributed by atoms with Crippen molar-refractivity contribution in [3.05, 3.63) is 47.7 Å². The van der Waals surface area contributed by atoms with Crippen LogP contribution < -0.4 is 10.1 Å². The lowest BCUT2D eigenvalue weighted by molar-refractivity contribution is 0.359. The molecule has 136 valence electrons. The Morgan fingerprint density at radius 1 is 1.27 bits per heavy atom. The van der Waals surface area contributed by atoms with Crippen LogP contribution in [0.4, 0.5) is 5.69 Å². The number of hydrogen-bond acceptors (Lipinski definition) is 6. The molecule has 0 fully saturated rings. The fraction of sp³-hybridized carbons (Fsp3) is 0.278. The van der Waals surface area contributed by atoms with Crippen molar-refractivity contribution in [3.63, 3.8) is 0 Å². The van der Waals surface area contributed by atoms with Crippen LogP contribution in [0.5, 0.6) is 5.75 Å². The normalized spacial score (nSPS) is 10.5. The van der Waals surface area contributed by atoms with Crippen LogP contribution in [0.15, 0.2) is 46.2 Å². The molecule has 0 aliphatic carbocycles. The SMILES string of the molecule is CCCN(Cc1nnc(-c2cccs2)o1)C(=S)Nc1ccc(OC)cc1. The predicted molar refractivity (Wildman–Crippen MR) is 108 cm³/mol. The van der Waals surface area contributed by atoms with Gasteiger partial charge in [-0.05, 0) is 54.4 Å². The van der Waals surface area contributed by atoms with Crippen molar-refractivity contribution in [1.82, 2.24) is 15.1 Å². The molecule has 2 aromatic heterocycles. The van der Waals surface area contributed by atoms with Crippen LogP contribution in [-0.2, 0) is 6.54 Å². The van der Waals surface area contributed by atoms with Gasteiger partial charge >= 0.3 is 0 Å². The van der Waals surface area contributed by atoms with Crippen LogP contribution in [0.1, 0.15) is 19.2 Å². The second-order valence-electron chi connectivity index (χ2n) is 5.56. The lowest BCUT2D eigenvalue weighted by atomic mass is 10.3. The monoisotopic (exact) mass is 388 g/mol. The van der Waals surface area contributed by atoms with Gasteiger partial charge in [0.15, 0.2) is 5.11 Å². The lowest BCUT2D eigenvalue weighted by Gasteiger charge is -2.23. The summed E-state index contributed by atoms with van der Waals surface area (Å²) in [5.74, 6) is 1.89. The molecule has 3 rings (SSSR count). The molecule has 0 saturated heterocycles. The van der Waals surface area contributed by atoms with E-state index in [1.165, 1.54) is 0 Å². The molecule has 0 amide bonds. The van der Waals surface area contributed by atoms with Gasteiger partial charge in [-0.15, -0.1) is 21.5 Å². The molecule has 1 aromatic carbocycles. The van der Waals surface area contributed by atoms with Gasteiger partial charge in [-0.2, -0.15) is 0 Å². The number of hydrogen-bond donors (Lipinski definition) is 1. The average Bonchev–Trinajstić information content (AvgIpc) is 3.33. The van der Waals surface area contributed by atoms with Gasteiger partial charge in [0, 0.05) is 12.2 Å². The van der Waals surface area contributed by atoms with Gasteiger partial charge in [-0.3, -0.25) is 0 Å². The van der Waals surface area contributed by atoms with E-state index in [1.54, 1.807) is 18.4 Å². The Hall–Kier alpha value is -2.45. The Kier molecular flexibility index (Phi) is 6.19. The Bertz CT molecular complexity index is 831. The minimum absolute atomic E-state index is 0.466. The van der Waals surface area contributed by atoms with E-state index in [4.69, 9.17) is 21.4 Å². The predicted octanol–water partition coefficient (Wildman–Crippen LogP) is 4.42. The summed E-state index contributed by atoms with van der Waals surface area (Å²) in [6, 6.07) is 11.6.